The number of unbranched alkanes of at least 4 members (excludes halogenated alkanes) is 1. The van der Waals surface area contributed by atoms with Crippen LogP contribution in [0, 0.1) is 0 Å². The Morgan fingerprint density at radius 2 is 1.82 bits per heavy atom. The van der Waals surface area contributed by atoms with Gasteiger partial charge >= 0.3 is 0 Å². The van der Waals surface area contributed by atoms with Crippen molar-refractivity contribution in [1.82, 2.24) is 5.32 Å². The zero-order chi connectivity index (χ0) is 20.4. The van der Waals surface area contributed by atoms with E-state index in [0.29, 0.717) is 16.8 Å². The van der Waals surface area contributed by atoms with E-state index >= 15 is 0 Å². The molecule has 0 saturated carbocycles. The molecule has 2 aromatic carbocycles. The maximum Gasteiger partial charge on any atom is 0.251 e. The van der Waals surface area contributed by atoms with Gasteiger partial charge in [0, 0.05) is 30.4 Å². The molecule has 1 amide bonds. The third-order valence-electron chi connectivity index (χ3n) is 4.69. The number of anilines is 1. The summed E-state index contributed by atoms with van der Waals surface area (Å²) >= 11 is 0. The number of carbonyl (C=O) groups is 2. The first-order chi connectivity index (χ1) is 13.6. The molecule has 0 spiro atoms. The molecule has 0 fully saturated rings. The SMILES string of the molecule is CCCCC(CC)NC(=O)c1ccc(C=Nc2cc(C=O)ccc2NC)cc1. The van der Waals surface area contributed by atoms with Crippen LogP contribution in [0.15, 0.2) is 47.5 Å². The Kier molecular flexibility index (Phi) is 8.40. The van der Waals surface area contributed by atoms with E-state index < -0.39 is 0 Å². The van der Waals surface area contributed by atoms with E-state index in [1.54, 1.807) is 18.3 Å². The highest BCUT2D eigenvalue weighted by molar-refractivity contribution is 5.95. The van der Waals surface area contributed by atoms with Gasteiger partial charge in [-0.25, -0.2) is 0 Å². The highest BCUT2D eigenvalue weighted by atomic mass is 16.1. The van der Waals surface area contributed by atoms with Crippen molar-refractivity contribution in [2.24, 2.45) is 4.99 Å². The van der Waals surface area contributed by atoms with Gasteiger partial charge in [0.1, 0.15) is 6.29 Å². The van der Waals surface area contributed by atoms with Crippen LogP contribution in [-0.2, 0) is 0 Å². The molecule has 0 saturated heterocycles. The molecule has 28 heavy (non-hydrogen) atoms. The van der Waals surface area contributed by atoms with Crippen LogP contribution in [0.2, 0.25) is 0 Å². The monoisotopic (exact) mass is 379 g/mol. The van der Waals surface area contributed by atoms with Crippen molar-refractivity contribution in [1.29, 1.82) is 0 Å². The first-order valence-corrected chi connectivity index (χ1v) is 9.83. The third kappa shape index (κ3) is 6.05. The zero-order valence-electron chi connectivity index (χ0n) is 16.9. The smallest absolute Gasteiger partial charge is 0.251 e. The number of amides is 1. The van der Waals surface area contributed by atoms with E-state index in [4.69, 9.17) is 0 Å². The van der Waals surface area contributed by atoms with Gasteiger partial charge in [-0.1, -0.05) is 38.8 Å². The minimum Gasteiger partial charge on any atom is -0.386 e. The van der Waals surface area contributed by atoms with Gasteiger partial charge in [-0.3, -0.25) is 14.6 Å². The summed E-state index contributed by atoms with van der Waals surface area (Å²) in [5, 5.41) is 6.17. The maximum absolute atomic E-state index is 12.4. The standard InChI is InChI=1S/C23H29N3O2/c1-4-6-7-20(5-2)26-23(28)19-11-8-17(9-12-19)15-25-22-14-18(16-27)10-13-21(22)24-3/h8-16,20,24H,4-7H2,1-3H3,(H,26,28). The number of hydrogen-bond acceptors (Lipinski definition) is 4. The average Bonchev–Trinajstić information content (AvgIpc) is 2.75. The zero-order valence-corrected chi connectivity index (χ0v) is 16.9. The van der Waals surface area contributed by atoms with E-state index in [9.17, 15) is 9.59 Å². The number of hydrogen-bond donors (Lipinski definition) is 2. The molecule has 0 aliphatic carbocycles. The predicted molar refractivity (Wildman–Crippen MR) is 116 cm³/mol. The lowest BCUT2D eigenvalue weighted by Gasteiger charge is -2.16. The molecule has 5 nitrogen and oxygen atoms in total. The largest absolute Gasteiger partial charge is 0.386 e. The van der Waals surface area contributed by atoms with Crippen molar-refractivity contribution in [2.75, 3.05) is 12.4 Å². The van der Waals surface area contributed by atoms with E-state index in [1.165, 1.54) is 0 Å². The maximum atomic E-state index is 12.4. The van der Waals surface area contributed by atoms with Crippen LogP contribution in [0.5, 0.6) is 0 Å². The van der Waals surface area contributed by atoms with E-state index in [1.807, 2.05) is 37.4 Å². The summed E-state index contributed by atoms with van der Waals surface area (Å²) in [4.78, 5) is 27.9. The Balaban J connectivity index is 2.07. The van der Waals surface area contributed by atoms with Gasteiger partial charge in [0.25, 0.3) is 5.91 Å². The summed E-state index contributed by atoms with van der Waals surface area (Å²) in [6.45, 7) is 4.25. The molecule has 0 aromatic heterocycles. The minimum atomic E-state index is -0.0393. The van der Waals surface area contributed by atoms with Crippen molar-refractivity contribution in [3.63, 3.8) is 0 Å². The summed E-state index contributed by atoms with van der Waals surface area (Å²) in [5.74, 6) is -0.0393. The molecule has 0 aliphatic rings. The minimum absolute atomic E-state index is 0.0393. The quantitative estimate of drug-likeness (QED) is 0.451. The Labute approximate surface area is 167 Å². The molecule has 0 aliphatic heterocycles. The Morgan fingerprint density at radius 1 is 1.11 bits per heavy atom. The van der Waals surface area contributed by atoms with Gasteiger partial charge in [-0.15, -0.1) is 0 Å². The van der Waals surface area contributed by atoms with Gasteiger partial charge in [0.05, 0.1) is 11.4 Å². The van der Waals surface area contributed by atoms with Crippen LogP contribution in [0.3, 0.4) is 0 Å². The first-order valence-electron chi connectivity index (χ1n) is 9.83. The van der Waals surface area contributed by atoms with Crippen LogP contribution in [0.25, 0.3) is 0 Å². The fraction of sp³-hybridized carbons (Fsp3) is 0.348. The molecule has 2 aromatic rings. The molecule has 0 heterocycles. The highest BCUT2D eigenvalue weighted by Gasteiger charge is 2.11. The summed E-state index contributed by atoms with van der Waals surface area (Å²) in [6, 6.07) is 12.9. The average molecular weight is 380 g/mol. The van der Waals surface area contributed by atoms with Gasteiger partial charge in [0.2, 0.25) is 0 Å². The molecule has 0 radical (unpaired) electrons. The normalized spacial score (nSPS) is 12.0. The second-order valence-electron chi connectivity index (χ2n) is 6.75. The van der Waals surface area contributed by atoms with Crippen molar-refractivity contribution in [3.8, 4) is 0 Å². The summed E-state index contributed by atoms with van der Waals surface area (Å²) in [6.07, 6.45) is 6.72. The van der Waals surface area contributed by atoms with E-state index in [-0.39, 0.29) is 11.9 Å². The first kappa shape index (κ1) is 21.4. The van der Waals surface area contributed by atoms with Crippen molar-refractivity contribution >= 4 is 29.8 Å². The number of rotatable bonds is 10. The number of aliphatic imine (C=N–C) groups is 1. The molecule has 0 bridgehead atoms. The lowest BCUT2D eigenvalue weighted by molar-refractivity contribution is 0.0933. The number of nitrogens with zero attached hydrogens (tertiary/aromatic N) is 1. The summed E-state index contributed by atoms with van der Waals surface area (Å²) in [5.41, 5.74) is 3.64. The molecule has 1 unspecified atom stereocenters. The van der Waals surface area contributed by atoms with Crippen molar-refractivity contribution < 1.29 is 9.59 Å². The number of nitrogens with one attached hydrogen (secondary N) is 2. The van der Waals surface area contributed by atoms with Crippen LogP contribution in [-0.4, -0.2) is 31.5 Å². The predicted octanol–water partition coefficient (Wildman–Crippen LogP) is 4.99. The Bertz CT molecular complexity index is 813. The second-order valence-corrected chi connectivity index (χ2v) is 6.75. The third-order valence-corrected chi connectivity index (χ3v) is 4.69. The molecular formula is C23H29N3O2. The van der Waals surface area contributed by atoms with E-state index in [0.717, 1.165) is 43.2 Å². The highest BCUT2D eigenvalue weighted by Crippen LogP contribution is 2.25. The number of carbonyl (C=O) groups excluding carboxylic acids is 2. The van der Waals surface area contributed by atoms with E-state index in [2.05, 4.69) is 29.5 Å². The lowest BCUT2D eigenvalue weighted by Crippen LogP contribution is -2.34. The Hall–Kier alpha value is -2.95. The second kappa shape index (κ2) is 11.0. The molecule has 5 heteroatoms. The molecular weight excluding hydrogens is 350 g/mol. The topological polar surface area (TPSA) is 70.6 Å². The van der Waals surface area contributed by atoms with Gasteiger partial charge in [-0.2, -0.15) is 0 Å². The molecule has 148 valence electrons. The number of aldehydes is 1. The van der Waals surface area contributed by atoms with Crippen molar-refractivity contribution in [2.45, 2.75) is 45.6 Å². The van der Waals surface area contributed by atoms with Crippen LogP contribution < -0.4 is 10.6 Å². The molecule has 2 N–H and O–H groups in total. The molecule has 1 atom stereocenters. The lowest BCUT2D eigenvalue weighted by atomic mass is 10.1. The van der Waals surface area contributed by atoms with Crippen LogP contribution in [0.1, 0.15) is 65.8 Å². The van der Waals surface area contributed by atoms with Gasteiger partial charge in [-0.05, 0) is 48.7 Å². The van der Waals surface area contributed by atoms with Crippen LogP contribution in [0.4, 0.5) is 11.4 Å². The fourth-order valence-corrected chi connectivity index (χ4v) is 2.90. The molecule has 2 rings (SSSR count). The Morgan fingerprint density at radius 3 is 2.43 bits per heavy atom. The summed E-state index contributed by atoms with van der Waals surface area (Å²) in [7, 11) is 1.81. The summed E-state index contributed by atoms with van der Waals surface area (Å²) < 4.78 is 0. The van der Waals surface area contributed by atoms with Crippen LogP contribution >= 0.6 is 0 Å². The fourth-order valence-electron chi connectivity index (χ4n) is 2.90. The van der Waals surface area contributed by atoms with Gasteiger partial charge in [0.15, 0.2) is 0 Å². The van der Waals surface area contributed by atoms with Gasteiger partial charge < -0.3 is 10.6 Å². The number of benzene rings is 2. The van der Waals surface area contributed by atoms with Crippen molar-refractivity contribution in [3.05, 3.63) is 59.2 Å².